The summed E-state index contributed by atoms with van der Waals surface area (Å²) < 4.78 is 5.25. The molecule has 0 bridgehead atoms. The van der Waals surface area contributed by atoms with E-state index in [1.807, 2.05) is 60.7 Å². The fraction of sp³-hybridized carbons (Fsp3) is 0.100. The molecule has 0 heterocycles. The molecule has 3 heteroatoms. The van der Waals surface area contributed by atoms with E-state index in [-0.39, 0.29) is 6.15 Å². The van der Waals surface area contributed by atoms with Crippen molar-refractivity contribution in [3.05, 3.63) is 102 Å². The van der Waals surface area contributed by atoms with Gasteiger partial charge in [-0.25, -0.2) is 0 Å². The van der Waals surface area contributed by atoms with Gasteiger partial charge in [-0.15, -0.1) is 11.6 Å². The number of ether oxygens (including phenoxy) is 1. The molecule has 23 heavy (non-hydrogen) atoms. The quantitative estimate of drug-likeness (QED) is 0.516. The Morgan fingerprint density at radius 1 is 0.652 bits per heavy atom. The molecule has 2 nitrogen and oxygen atoms in total. The van der Waals surface area contributed by atoms with Crippen molar-refractivity contribution in [3.8, 4) is 5.75 Å². The Kier molecular flexibility index (Phi) is 5.43. The van der Waals surface area contributed by atoms with E-state index in [2.05, 4.69) is 24.3 Å². The molecule has 3 N–H and O–H groups in total. The maximum atomic E-state index is 7.17. The van der Waals surface area contributed by atoms with Gasteiger partial charge in [0.2, 0.25) is 0 Å². The van der Waals surface area contributed by atoms with Crippen LogP contribution >= 0.6 is 11.6 Å². The fourth-order valence-electron chi connectivity index (χ4n) is 2.66. The minimum Gasteiger partial charge on any atom is -0.497 e. The number of methoxy groups -OCH3 is 1. The van der Waals surface area contributed by atoms with Gasteiger partial charge < -0.3 is 10.9 Å². The van der Waals surface area contributed by atoms with E-state index in [9.17, 15) is 0 Å². The molecule has 118 valence electrons. The summed E-state index contributed by atoms with van der Waals surface area (Å²) >= 11 is 7.17. The van der Waals surface area contributed by atoms with E-state index in [0.717, 1.165) is 22.4 Å². The summed E-state index contributed by atoms with van der Waals surface area (Å²) in [6.45, 7) is 0. The lowest BCUT2D eigenvalue weighted by Crippen LogP contribution is -2.22. The number of hydrogen-bond donors (Lipinski definition) is 1. The van der Waals surface area contributed by atoms with E-state index >= 15 is 0 Å². The maximum Gasteiger partial charge on any atom is 0.119 e. The van der Waals surface area contributed by atoms with Crippen molar-refractivity contribution in [1.29, 1.82) is 0 Å². The minimum atomic E-state index is -0.714. The topological polar surface area (TPSA) is 44.2 Å². The summed E-state index contributed by atoms with van der Waals surface area (Å²) in [6, 6.07) is 28.2. The molecule has 0 aliphatic carbocycles. The molecule has 0 amide bonds. The average Bonchev–Trinajstić information content (AvgIpc) is 2.62. The summed E-state index contributed by atoms with van der Waals surface area (Å²) in [5, 5.41) is 0. The average molecular weight is 326 g/mol. The number of alkyl halides is 1. The Morgan fingerprint density at radius 2 is 1.04 bits per heavy atom. The van der Waals surface area contributed by atoms with Crippen molar-refractivity contribution in [2.75, 3.05) is 7.11 Å². The summed E-state index contributed by atoms with van der Waals surface area (Å²) in [5.74, 6) is 0.823. The second-order valence-electron chi connectivity index (χ2n) is 5.12. The molecule has 0 atom stereocenters. The van der Waals surface area contributed by atoms with Crippen LogP contribution in [-0.2, 0) is 4.87 Å². The van der Waals surface area contributed by atoms with E-state index in [1.54, 1.807) is 7.11 Å². The zero-order valence-electron chi connectivity index (χ0n) is 13.1. The largest absolute Gasteiger partial charge is 0.497 e. The Morgan fingerprint density at radius 3 is 1.43 bits per heavy atom. The molecule has 3 aromatic carbocycles. The first-order chi connectivity index (χ1) is 10.7. The third kappa shape index (κ3) is 3.24. The molecule has 3 aromatic rings. The Balaban J connectivity index is 0.00000192. The third-order valence-corrected chi connectivity index (χ3v) is 4.49. The molecule has 0 saturated heterocycles. The van der Waals surface area contributed by atoms with Crippen LogP contribution in [0.4, 0.5) is 0 Å². The van der Waals surface area contributed by atoms with Gasteiger partial charge in [0.25, 0.3) is 0 Å². The Hall–Kier alpha value is -2.29. The monoisotopic (exact) mass is 325 g/mol. The predicted octanol–water partition coefficient (Wildman–Crippen LogP) is 5.39. The number of rotatable bonds is 4. The molecule has 0 aliphatic rings. The standard InChI is InChI=1S/C20H17ClO.H3N/c1-22-19-14-12-18(13-15-19)20(21,16-8-4-2-5-9-16)17-10-6-3-7-11-17;/h2-15H,1H3;1H3. The van der Waals surface area contributed by atoms with Crippen LogP contribution in [0.5, 0.6) is 5.75 Å². The van der Waals surface area contributed by atoms with Gasteiger partial charge in [0, 0.05) is 0 Å². The van der Waals surface area contributed by atoms with Crippen molar-refractivity contribution in [2.24, 2.45) is 0 Å². The second-order valence-corrected chi connectivity index (χ2v) is 5.69. The van der Waals surface area contributed by atoms with Crippen molar-refractivity contribution >= 4 is 11.6 Å². The highest BCUT2D eigenvalue weighted by molar-refractivity contribution is 6.28. The number of benzene rings is 3. The van der Waals surface area contributed by atoms with Gasteiger partial charge in [-0.1, -0.05) is 72.8 Å². The van der Waals surface area contributed by atoms with E-state index in [1.165, 1.54) is 0 Å². The molecule has 0 radical (unpaired) electrons. The second kappa shape index (κ2) is 7.32. The van der Waals surface area contributed by atoms with Gasteiger partial charge in [0.1, 0.15) is 10.6 Å². The Labute approximate surface area is 142 Å². The van der Waals surface area contributed by atoms with Gasteiger partial charge in [-0.05, 0) is 28.8 Å². The predicted molar refractivity (Wildman–Crippen MR) is 96.6 cm³/mol. The van der Waals surface area contributed by atoms with Crippen molar-refractivity contribution in [3.63, 3.8) is 0 Å². The van der Waals surface area contributed by atoms with Crippen LogP contribution in [0.1, 0.15) is 16.7 Å². The van der Waals surface area contributed by atoms with Gasteiger partial charge in [-0.3, -0.25) is 0 Å². The van der Waals surface area contributed by atoms with Gasteiger partial charge in [0.15, 0.2) is 0 Å². The first kappa shape index (κ1) is 17.1. The van der Waals surface area contributed by atoms with Gasteiger partial charge >= 0.3 is 0 Å². The molecule has 3 rings (SSSR count). The lowest BCUT2D eigenvalue weighted by atomic mass is 9.84. The van der Waals surface area contributed by atoms with Crippen LogP contribution in [0.25, 0.3) is 0 Å². The highest BCUT2D eigenvalue weighted by atomic mass is 35.5. The minimum absolute atomic E-state index is 0. The molecule has 0 unspecified atom stereocenters. The summed E-state index contributed by atoms with van der Waals surface area (Å²) in [7, 11) is 1.66. The van der Waals surface area contributed by atoms with Crippen LogP contribution in [-0.4, -0.2) is 7.11 Å². The van der Waals surface area contributed by atoms with Crippen LogP contribution in [0, 0.1) is 0 Å². The molecular weight excluding hydrogens is 306 g/mol. The normalized spacial score (nSPS) is 10.7. The summed E-state index contributed by atoms with van der Waals surface area (Å²) in [5.41, 5.74) is 3.12. The molecule has 0 spiro atoms. The van der Waals surface area contributed by atoms with E-state index < -0.39 is 4.87 Å². The van der Waals surface area contributed by atoms with Gasteiger partial charge in [0.05, 0.1) is 7.11 Å². The zero-order chi connectivity index (χ0) is 15.4. The molecule has 0 fully saturated rings. The first-order valence-electron chi connectivity index (χ1n) is 7.19. The third-order valence-electron chi connectivity index (χ3n) is 3.83. The number of halogens is 1. The van der Waals surface area contributed by atoms with Crippen molar-refractivity contribution < 1.29 is 4.74 Å². The van der Waals surface area contributed by atoms with Crippen LogP contribution in [0.15, 0.2) is 84.9 Å². The highest BCUT2D eigenvalue weighted by Crippen LogP contribution is 2.43. The van der Waals surface area contributed by atoms with E-state index in [0.29, 0.717) is 0 Å². The van der Waals surface area contributed by atoms with Crippen molar-refractivity contribution in [1.82, 2.24) is 6.15 Å². The highest BCUT2D eigenvalue weighted by Gasteiger charge is 2.33. The Bertz CT molecular complexity index is 687. The van der Waals surface area contributed by atoms with Crippen molar-refractivity contribution in [2.45, 2.75) is 4.87 Å². The molecule has 0 aromatic heterocycles. The summed E-state index contributed by atoms with van der Waals surface area (Å²) in [6.07, 6.45) is 0. The molecule has 0 aliphatic heterocycles. The zero-order valence-corrected chi connectivity index (χ0v) is 13.8. The SMILES string of the molecule is COc1ccc(C(Cl)(c2ccccc2)c2ccccc2)cc1.N. The van der Waals surface area contributed by atoms with Gasteiger partial charge in [-0.2, -0.15) is 0 Å². The molecular formula is C20H20ClNO. The van der Waals surface area contributed by atoms with Crippen LogP contribution < -0.4 is 10.9 Å². The van der Waals surface area contributed by atoms with Crippen LogP contribution in [0.2, 0.25) is 0 Å². The first-order valence-corrected chi connectivity index (χ1v) is 7.57. The van der Waals surface area contributed by atoms with E-state index in [4.69, 9.17) is 16.3 Å². The lowest BCUT2D eigenvalue weighted by molar-refractivity contribution is 0.414. The molecule has 0 saturated carbocycles. The lowest BCUT2D eigenvalue weighted by Gasteiger charge is -2.29. The fourth-order valence-corrected chi connectivity index (χ4v) is 3.03. The smallest absolute Gasteiger partial charge is 0.119 e. The number of hydrogen-bond acceptors (Lipinski definition) is 2. The van der Waals surface area contributed by atoms with Crippen LogP contribution in [0.3, 0.4) is 0 Å². The maximum absolute atomic E-state index is 7.17. The summed E-state index contributed by atoms with van der Waals surface area (Å²) in [4.78, 5) is -0.714.